The fourth-order valence-electron chi connectivity index (χ4n) is 2.26. The highest BCUT2D eigenvalue weighted by atomic mass is 16.3. The first-order chi connectivity index (χ1) is 7.66. The number of piperidine rings is 1. The third kappa shape index (κ3) is 2.56. The molecule has 16 heavy (non-hydrogen) atoms. The molecule has 1 aromatic rings. The average Bonchev–Trinajstić information content (AvgIpc) is 2.29. The molecule has 0 aromatic heterocycles. The van der Waals surface area contributed by atoms with Crippen molar-refractivity contribution in [3.8, 4) is 0 Å². The van der Waals surface area contributed by atoms with Crippen LogP contribution in [-0.4, -0.2) is 24.3 Å². The fraction of sp³-hybridized carbons (Fsp3) is 0.571. The van der Waals surface area contributed by atoms with Crippen LogP contribution in [0.15, 0.2) is 24.3 Å². The van der Waals surface area contributed by atoms with Gasteiger partial charge in [-0.3, -0.25) is 0 Å². The monoisotopic (exact) mass is 219 g/mol. The minimum Gasteiger partial charge on any atom is -0.391 e. The Bertz CT molecular complexity index is 331. The van der Waals surface area contributed by atoms with Gasteiger partial charge in [-0.05, 0) is 36.5 Å². The molecule has 0 saturated carbocycles. The molecule has 1 unspecified atom stereocenters. The highest BCUT2D eigenvalue weighted by Crippen LogP contribution is 2.22. The Morgan fingerprint density at radius 2 is 1.94 bits per heavy atom. The van der Waals surface area contributed by atoms with E-state index >= 15 is 0 Å². The van der Waals surface area contributed by atoms with Crippen molar-refractivity contribution in [2.45, 2.75) is 38.7 Å². The van der Waals surface area contributed by atoms with Crippen molar-refractivity contribution >= 4 is 5.69 Å². The van der Waals surface area contributed by atoms with Gasteiger partial charge in [0.15, 0.2) is 0 Å². The first kappa shape index (κ1) is 11.5. The number of aliphatic hydroxyl groups is 1. The van der Waals surface area contributed by atoms with E-state index in [0.29, 0.717) is 5.92 Å². The number of hydrogen-bond donors (Lipinski definition) is 1. The lowest BCUT2D eigenvalue weighted by Crippen LogP contribution is -2.38. The van der Waals surface area contributed by atoms with Crippen LogP contribution in [0.3, 0.4) is 0 Å². The Morgan fingerprint density at radius 1 is 1.25 bits per heavy atom. The summed E-state index contributed by atoms with van der Waals surface area (Å²) in [4.78, 5) is 2.28. The van der Waals surface area contributed by atoms with E-state index in [-0.39, 0.29) is 6.10 Å². The Kier molecular flexibility index (Phi) is 3.49. The molecule has 0 amide bonds. The third-order valence-corrected chi connectivity index (χ3v) is 3.32. The maximum Gasteiger partial charge on any atom is 0.0715 e. The summed E-state index contributed by atoms with van der Waals surface area (Å²) >= 11 is 0. The SMILES string of the molecule is CC(C)c1ccc(N2CCCC(O)C2)cc1. The lowest BCUT2D eigenvalue weighted by Gasteiger charge is -2.32. The number of benzene rings is 1. The third-order valence-electron chi connectivity index (χ3n) is 3.32. The van der Waals surface area contributed by atoms with Crippen LogP contribution in [0.2, 0.25) is 0 Å². The van der Waals surface area contributed by atoms with Gasteiger partial charge < -0.3 is 10.0 Å². The second kappa shape index (κ2) is 4.88. The molecule has 0 bridgehead atoms. The fourth-order valence-corrected chi connectivity index (χ4v) is 2.26. The van der Waals surface area contributed by atoms with E-state index < -0.39 is 0 Å². The van der Waals surface area contributed by atoms with Crippen LogP contribution in [0.4, 0.5) is 5.69 Å². The molecule has 2 nitrogen and oxygen atoms in total. The largest absolute Gasteiger partial charge is 0.391 e. The van der Waals surface area contributed by atoms with E-state index in [9.17, 15) is 5.11 Å². The molecule has 1 saturated heterocycles. The lowest BCUT2D eigenvalue weighted by molar-refractivity contribution is 0.154. The quantitative estimate of drug-likeness (QED) is 0.826. The van der Waals surface area contributed by atoms with Gasteiger partial charge in [-0.1, -0.05) is 26.0 Å². The maximum atomic E-state index is 9.64. The van der Waals surface area contributed by atoms with E-state index in [1.165, 1.54) is 11.3 Å². The zero-order chi connectivity index (χ0) is 11.5. The molecule has 1 aliphatic heterocycles. The van der Waals surface area contributed by atoms with Crippen LogP contribution in [0, 0.1) is 0 Å². The minimum atomic E-state index is -0.154. The molecule has 2 rings (SSSR count). The summed E-state index contributed by atoms with van der Waals surface area (Å²) in [7, 11) is 0. The molecule has 0 radical (unpaired) electrons. The van der Waals surface area contributed by atoms with Crippen molar-refractivity contribution in [1.82, 2.24) is 0 Å². The first-order valence-electron chi connectivity index (χ1n) is 6.20. The zero-order valence-electron chi connectivity index (χ0n) is 10.2. The Hall–Kier alpha value is -1.02. The van der Waals surface area contributed by atoms with E-state index in [0.717, 1.165) is 25.9 Å². The molecule has 1 aliphatic rings. The normalized spacial score (nSPS) is 21.5. The smallest absolute Gasteiger partial charge is 0.0715 e. The summed E-state index contributed by atoms with van der Waals surface area (Å²) in [6, 6.07) is 8.74. The van der Waals surface area contributed by atoms with Gasteiger partial charge >= 0.3 is 0 Å². The van der Waals surface area contributed by atoms with Crippen LogP contribution < -0.4 is 4.90 Å². The van der Waals surface area contributed by atoms with E-state index in [1.807, 2.05) is 0 Å². The van der Waals surface area contributed by atoms with Gasteiger partial charge in [0.05, 0.1) is 6.10 Å². The van der Waals surface area contributed by atoms with Crippen LogP contribution in [-0.2, 0) is 0 Å². The molecular weight excluding hydrogens is 198 g/mol. The number of anilines is 1. The maximum absolute atomic E-state index is 9.64. The second-order valence-electron chi connectivity index (χ2n) is 4.99. The highest BCUT2D eigenvalue weighted by molar-refractivity contribution is 5.48. The number of aliphatic hydroxyl groups excluding tert-OH is 1. The molecule has 0 aliphatic carbocycles. The van der Waals surface area contributed by atoms with Crippen LogP contribution in [0.25, 0.3) is 0 Å². The Morgan fingerprint density at radius 3 is 2.50 bits per heavy atom. The highest BCUT2D eigenvalue weighted by Gasteiger charge is 2.17. The molecule has 1 aromatic carbocycles. The van der Waals surface area contributed by atoms with E-state index in [1.54, 1.807) is 0 Å². The van der Waals surface area contributed by atoms with Crippen molar-refractivity contribution in [2.24, 2.45) is 0 Å². The molecule has 1 N–H and O–H groups in total. The van der Waals surface area contributed by atoms with Gasteiger partial charge in [-0.15, -0.1) is 0 Å². The molecule has 1 heterocycles. The number of β-amino-alcohol motifs (C(OH)–C–C–N with tert-alkyl or cyclic N) is 1. The van der Waals surface area contributed by atoms with Gasteiger partial charge in [0.1, 0.15) is 0 Å². The standard InChI is InChI=1S/C14H21NO/c1-11(2)12-5-7-13(8-6-12)15-9-3-4-14(16)10-15/h5-8,11,14,16H,3-4,9-10H2,1-2H3. The van der Waals surface area contributed by atoms with Crippen molar-refractivity contribution in [2.75, 3.05) is 18.0 Å². The van der Waals surface area contributed by atoms with Crippen molar-refractivity contribution < 1.29 is 5.11 Å². The summed E-state index contributed by atoms with van der Waals surface area (Å²) in [6.45, 7) is 6.26. The topological polar surface area (TPSA) is 23.5 Å². The van der Waals surface area contributed by atoms with E-state index in [4.69, 9.17) is 0 Å². The van der Waals surface area contributed by atoms with Gasteiger partial charge in [-0.2, -0.15) is 0 Å². The number of rotatable bonds is 2. The van der Waals surface area contributed by atoms with Gasteiger partial charge in [-0.25, -0.2) is 0 Å². The first-order valence-corrected chi connectivity index (χ1v) is 6.20. The number of nitrogens with zero attached hydrogens (tertiary/aromatic N) is 1. The Labute approximate surface area is 97.9 Å². The summed E-state index contributed by atoms with van der Waals surface area (Å²) in [6.07, 6.45) is 1.88. The molecule has 2 heteroatoms. The Balaban J connectivity index is 2.09. The lowest BCUT2D eigenvalue weighted by atomic mass is 10.0. The summed E-state index contributed by atoms with van der Waals surface area (Å²) in [5.41, 5.74) is 2.62. The predicted molar refractivity (Wildman–Crippen MR) is 68.0 cm³/mol. The van der Waals surface area contributed by atoms with Crippen molar-refractivity contribution in [1.29, 1.82) is 0 Å². The molecule has 1 atom stereocenters. The van der Waals surface area contributed by atoms with E-state index in [2.05, 4.69) is 43.0 Å². The van der Waals surface area contributed by atoms with Crippen LogP contribution in [0.5, 0.6) is 0 Å². The summed E-state index contributed by atoms with van der Waals surface area (Å²) in [5, 5.41) is 9.64. The van der Waals surface area contributed by atoms with Crippen LogP contribution >= 0.6 is 0 Å². The molecule has 88 valence electrons. The van der Waals surface area contributed by atoms with Gasteiger partial charge in [0.25, 0.3) is 0 Å². The minimum absolute atomic E-state index is 0.154. The molecule has 0 spiro atoms. The summed E-state index contributed by atoms with van der Waals surface area (Å²) in [5.74, 6) is 0.584. The van der Waals surface area contributed by atoms with Gasteiger partial charge in [0.2, 0.25) is 0 Å². The van der Waals surface area contributed by atoms with Crippen LogP contribution in [0.1, 0.15) is 38.2 Å². The average molecular weight is 219 g/mol. The van der Waals surface area contributed by atoms with Gasteiger partial charge in [0, 0.05) is 18.8 Å². The summed E-state index contributed by atoms with van der Waals surface area (Å²) < 4.78 is 0. The van der Waals surface area contributed by atoms with Crippen molar-refractivity contribution in [3.05, 3.63) is 29.8 Å². The molecular formula is C14H21NO. The predicted octanol–water partition coefficient (Wildman–Crippen LogP) is 2.77. The zero-order valence-corrected chi connectivity index (χ0v) is 10.2. The van der Waals surface area contributed by atoms with Crippen molar-refractivity contribution in [3.63, 3.8) is 0 Å². The molecule has 1 fully saturated rings. The number of hydrogen-bond acceptors (Lipinski definition) is 2. The second-order valence-corrected chi connectivity index (χ2v) is 4.99.